The molecule has 0 aromatic carbocycles. The van der Waals surface area contributed by atoms with Gasteiger partial charge in [-0.05, 0) is 23.5 Å². The molecule has 7 heteroatoms. The van der Waals surface area contributed by atoms with Crippen LogP contribution in [0.3, 0.4) is 0 Å². The monoisotopic (exact) mass is 370 g/mol. The van der Waals surface area contributed by atoms with Crippen molar-refractivity contribution in [3.8, 4) is 0 Å². The van der Waals surface area contributed by atoms with E-state index >= 15 is 0 Å². The number of fused-ring (bicyclic) bond motifs is 1. The van der Waals surface area contributed by atoms with Crippen LogP contribution in [0.5, 0.6) is 0 Å². The number of pyridine rings is 1. The number of hydrogen-bond donors (Lipinski definition) is 2. The number of ether oxygens (including phenoxy) is 1. The average molecular weight is 370 g/mol. The zero-order chi connectivity index (χ0) is 19.6. The molecule has 1 aromatic heterocycles. The number of nitrogens with two attached hydrogens (primary N) is 2. The fourth-order valence-corrected chi connectivity index (χ4v) is 4.07. The summed E-state index contributed by atoms with van der Waals surface area (Å²) in [6.45, 7) is 4.97. The lowest BCUT2D eigenvalue weighted by Crippen LogP contribution is -2.45. The number of aliphatic imine (C=N–C) groups is 1. The molecule has 27 heavy (non-hydrogen) atoms. The number of hydrogen-bond acceptors (Lipinski definition) is 6. The van der Waals surface area contributed by atoms with Crippen LogP contribution >= 0.6 is 0 Å². The molecule has 2 atom stereocenters. The Morgan fingerprint density at radius 3 is 2.74 bits per heavy atom. The third-order valence-electron chi connectivity index (χ3n) is 5.06. The van der Waals surface area contributed by atoms with Crippen molar-refractivity contribution in [2.24, 2.45) is 27.8 Å². The van der Waals surface area contributed by atoms with Gasteiger partial charge in [0.1, 0.15) is 5.78 Å². The summed E-state index contributed by atoms with van der Waals surface area (Å²) in [4.78, 5) is 34.3. The molecule has 0 radical (unpaired) electrons. The second kappa shape index (κ2) is 7.70. The highest BCUT2D eigenvalue weighted by atomic mass is 16.5. The zero-order valence-electron chi connectivity index (χ0n) is 15.8. The first-order valence-electron chi connectivity index (χ1n) is 9.15. The van der Waals surface area contributed by atoms with Gasteiger partial charge >= 0.3 is 0 Å². The van der Waals surface area contributed by atoms with Gasteiger partial charge in [0, 0.05) is 42.6 Å². The van der Waals surface area contributed by atoms with Crippen LogP contribution in [-0.2, 0) is 14.3 Å². The summed E-state index contributed by atoms with van der Waals surface area (Å²) >= 11 is 0. The van der Waals surface area contributed by atoms with Crippen molar-refractivity contribution >= 4 is 17.4 Å². The van der Waals surface area contributed by atoms with E-state index in [9.17, 15) is 9.59 Å². The molecule has 1 aliphatic heterocycles. The van der Waals surface area contributed by atoms with Crippen molar-refractivity contribution in [2.75, 3.05) is 19.8 Å². The van der Waals surface area contributed by atoms with Gasteiger partial charge in [0.25, 0.3) is 0 Å². The van der Waals surface area contributed by atoms with Gasteiger partial charge in [-0.1, -0.05) is 19.9 Å². The summed E-state index contributed by atoms with van der Waals surface area (Å²) in [5.41, 5.74) is 13.5. The zero-order valence-corrected chi connectivity index (χ0v) is 15.8. The topological polar surface area (TPSA) is 121 Å². The highest BCUT2D eigenvalue weighted by Gasteiger charge is 2.47. The molecule has 1 fully saturated rings. The minimum atomic E-state index is -0.587. The molecule has 2 unspecified atom stereocenters. The summed E-state index contributed by atoms with van der Waals surface area (Å²) in [5.74, 6) is -1.47. The Balaban J connectivity index is 2.13. The van der Waals surface area contributed by atoms with Crippen LogP contribution in [0.25, 0.3) is 0 Å². The average Bonchev–Trinajstić information content (AvgIpc) is 2.60. The molecule has 0 bridgehead atoms. The number of carbonyl (C=O) groups is 2. The third-order valence-corrected chi connectivity index (χ3v) is 5.06. The van der Waals surface area contributed by atoms with Crippen LogP contribution in [0.4, 0.5) is 0 Å². The summed E-state index contributed by atoms with van der Waals surface area (Å²) in [6.07, 6.45) is 4.47. The first kappa shape index (κ1) is 19.4. The maximum Gasteiger partial charge on any atom is 0.247 e. The van der Waals surface area contributed by atoms with Crippen molar-refractivity contribution in [1.82, 2.24) is 4.98 Å². The summed E-state index contributed by atoms with van der Waals surface area (Å²) in [7, 11) is 0. The van der Waals surface area contributed by atoms with E-state index in [0.29, 0.717) is 37.3 Å². The fraction of sp³-hybridized carbons (Fsp3) is 0.500. The lowest BCUT2D eigenvalue weighted by molar-refractivity contribution is -0.124. The van der Waals surface area contributed by atoms with E-state index in [2.05, 4.69) is 23.8 Å². The van der Waals surface area contributed by atoms with Crippen LogP contribution in [-0.4, -0.2) is 42.1 Å². The Bertz CT molecular complexity index is 799. The quantitative estimate of drug-likeness (QED) is 0.732. The van der Waals surface area contributed by atoms with Crippen LogP contribution in [0.2, 0.25) is 0 Å². The van der Waals surface area contributed by atoms with E-state index in [4.69, 9.17) is 16.2 Å². The van der Waals surface area contributed by atoms with E-state index in [0.717, 1.165) is 11.3 Å². The number of Topliss-reactive ketones (excluding diaryl/α,β-unsaturated/α-hetero) is 1. The second-order valence-corrected chi connectivity index (χ2v) is 7.89. The second-order valence-electron chi connectivity index (χ2n) is 7.89. The molecule has 7 nitrogen and oxygen atoms in total. The molecule has 0 spiro atoms. The number of amides is 1. The van der Waals surface area contributed by atoms with E-state index in [1.54, 1.807) is 18.5 Å². The molecule has 0 saturated heterocycles. The Morgan fingerprint density at radius 2 is 2.11 bits per heavy atom. The smallest absolute Gasteiger partial charge is 0.247 e. The lowest BCUT2D eigenvalue weighted by Gasteiger charge is -2.41. The number of primary amides is 1. The number of ketones is 1. The van der Waals surface area contributed by atoms with Gasteiger partial charge in [0.2, 0.25) is 5.91 Å². The van der Waals surface area contributed by atoms with E-state index in [-0.39, 0.29) is 17.8 Å². The standard InChI is InChI=1S/C20H26N4O3/c1-20(2)8-13-17(15(25)9-20)16(12-4-3-6-23-10-12)18(19(22)26)14(24-13)11-27-7-5-21/h3-4,6,10,16-17H,5,7-9,11,21H2,1-2H3,(H2,22,26). The highest BCUT2D eigenvalue weighted by Crippen LogP contribution is 2.46. The van der Waals surface area contributed by atoms with E-state index < -0.39 is 17.7 Å². The molecule has 1 amide bonds. The van der Waals surface area contributed by atoms with Crippen molar-refractivity contribution in [1.29, 1.82) is 0 Å². The maximum atomic E-state index is 13.0. The summed E-state index contributed by atoms with van der Waals surface area (Å²) in [5, 5.41) is 0. The van der Waals surface area contributed by atoms with Crippen molar-refractivity contribution in [3.63, 3.8) is 0 Å². The van der Waals surface area contributed by atoms with Gasteiger partial charge in [-0.3, -0.25) is 19.6 Å². The molecule has 4 N–H and O–H groups in total. The third kappa shape index (κ3) is 3.99. The molecule has 2 heterocycles. The normalized spacial score (nSPS) is 24.4. The van der Waals surface area contributed by atoms with Gasteiger partial charge in [0.05, 0.1) is 24.8 Å². The van der Waals surface area contributed by atoms with Crippen LogP contribution < -0.4 is 11.5 Å². The Kier molecular flexibility index (Phi) is 5.53. The Labute approximate surface area is 158 Å². The first-order chi connectivity index (χ1) is 12.8. The Hall–Kier alpha value is -2.38. The minimum Gasteiger partial charge on any atom is -0.374 e. The SMILES string of the molecule is CC1(C)CC(=O)C2C(=NC(COCCN)=C(C(N)=O)C2c2cccnc2)C1. The van der Waals surface area contributed by atoms with Crippen molar-refractivity contribution < 1.29 is 14.3 Å². The van der Waals surface area contributed by atoms with Crippen LogP contribution in [0.1, 0.15) is 38.2 Å². The Morgan fingerprint density at radius 1 is 1.33 bits per heavy atom. The molecule has 3 rings (SSSR count). The number of aromatic nitrogens is 1. The lowest BCUT2D eigenvalue weighted by atomic mass is 9.63. The predicted molar refractivity (Wildman–Crippen MR) is 102 cm³/mol. The largest absolute Gasteiger partial charge is 0.374 e. The molecular weight excluding hydrogens is 344 g/mol. The van der Waals surface area contributed by atoms with E-state index in [1.807, 2.05) is 6.07 Å². The van der Waals surface area contributed by atoms with Gasteiger partial charge in [-0.25, -0.2) is 0 Å². The predicted octanol–water partition coefficient (Wildman–Crippen LogP) is 1.34. The number of nitrogens with zero attached hydrogens (tertiary/aromatic N) is 2. The molecule has 2 aliphatic rings. The van der Waals surface area contributed by atoms with Gasteiger partial charge in [0.15, 0.2) is 0 Å². The van der Waals surface area contributed by atoms with Crippen molar-refractivity contribution in [3.05, 3.63) is 41.4 Å². The van der Waals surface area contributed by atoms with Crippen LogP contribution in [0, 0.1) is 11.3 Å². The number of carbonyl (C=O) groups excluding carboxylic acids is 2. The molecule has 1 saturated carbocycles. The van der Waals surface area contributed by atoms with Crippen molar-refractivity contribution in [2.45, 2.75) is 32.6 Å². The van der Waals surface area contributed by atoms with E-state index in [1.165, 1.54) is 0 Å². The first-order valence-corrected chi connectivity index (χ1v) is 9.15. The molecule has 144 valence electrons. The van der Waals surface area contributed by atoms with Gasteiger partial charge < -0.3 is 16.2 Å². The highest BCUT2D eigenvalue weighted by molar-refractivity contribution is 6.12. The summed E-state index contributed by atoms with van der Waals surface area (Å²) in [6, 6.07) is 3.66. The maximum absolute atomic E-state index is 13.0. The summed E-state index contributed by atoms with van der Waals surface area (Å²) < 4.78 is 5.55. The number of rotatable bonds is 6. The molecule has 1 aliphatic carbocycles. The minimum absolute atomic E-state index is 0.0829. The fourth-order valence-electron chi connectivity index (χ4n) is 4.07. The molecule has 1 aromatic rings. The van der Waals surface area contributed by atoms with Gasteiger partial charge in [-0.15, -0.1) is 0 Å². The van der Waals surface area contributed by atoms with Crippen LogP contribution in [0.15, 0.2) is 40.8 Å². The van der Waals surface area contributed by atoms with Gasteiger partial charge in [-0.2, -0.15) is 0 Å². The molecular formula is C20H26N4O3.